The molecule has 3 aromatic rings. The van der Waals surface area contributed by atoms with E-state index in [4.69, 9.17) is 4.98 Å². The number of nitrogens with zero attached hydrogens (tertiary/aromatic N) is 5. The second kappa shape index (κ2) is 10.7. The van der Waals surface area contributed by atoms with Gasteiger partial charge in [0.1, 0.15) is 5.82 Å². The molecule has 2 N–H and O–H groups in total. The van der Waals surface area contributed by atoms with Crippen LogP contribution in [0.4, 0.5) is 17.5 Å². The maximum absolute atomic E-state index is 9.71. The fourth-order valence-corrected chi connectivity index (χ4v) is 5.97. The zero-order valence-electron chi connectivity index (χ0n) is 19.8. The molecule has 0 spiro atoms. The predicted octanol–water partition coefficient (Wildman–Crippen LogP) is 4.05. The predicted molar refractivity (Wildman–Crippen MR) is 138 cm³/mol. The third-order valence-electron chi connectivity index (χ3n) is 6.93. The van der Waals surface area contributed by atoms with Crippen LogP contribution in [-0.2, 0) is 4.79 Å². The number of carbonyl (C=O) groups is 1. The average molecular weight is 480 g/mol. The van der Waals surface area contributed by atoms with Crippen LogP contribution < -0.4 is 15.5 Å². The van der Waals surface area contributed by atoms with Gasteiger partial charge >= 0.3 is 0 Å². The number of rotatable bonds is 5. The molecule has 0 atom stereocenters. The van der Waals surface area contributed by atoms with Crippen molar-refractivity contribution in [2.45, 2.75) is 44.9 Å². The van der Waals surface area contributed by atoms with Gasteiger partial charge in [-0.25, -0.2) is 15.0 Å². The summed E-state index contributed by atoms with van der Waals surface area (Å²) in [6.07, 6.45) is 11.2. The summed E-state index contributed by atoms with van der Waals surface area (Å²) >= 11 is 1.82. The Hall–Kier alpha value is -2.78. The van der Waals surface area contributed by atoms with Gasteiger partial charge in [0.15, 0.2) is 0 Å². The lowest BCUT2D eigenvalue weighted by atomic mass is 9.97. The highest BCUT2D eigenvalue weighted by Gasteiger charge is 2.24. The Balaban J connectivity index is 0.000000351. The first-order chi connectivity index (χ1) is 16.7. The minimum atomic E-state index is 0.631. The largest absolute Gasteiger partial charge is 0.368 e. The first kappa shape index (κ1) is 23.0. The van der Waals surface area contributed by atoms with Crippen molar-refractivity contribution in [3.05, 3.63) is 35.0 Å². The van der Waals surface area contributed by atoms with Crippen molar-refractivity contribution < 1.29 is 4.79 Å². The number of hydrogen-bond donors (Lipinski definition) is 2. The summed E-state index contributed by atoms with van der Waals surface area (Å²) in [7, 11) is 0. The van der Waals surface area contributed by atoms with E-state index >= 15 is 0 Å². The van der Waals surface area contributed by atoms with E-state index < -0.39 is 0 Å². The van der Waals surface area contributed by atoms with Gasteiger partial charge in [0.25, 0.3) is 0 Å². The molecule has 1 saturated carbocycles. The van der Waals surface area contributed by atoms with Crippen molar-refractivity contribution in [2.24, 2.45) is 0 Å². The first-order valence-corrected chi connectivity index (χ1v) is 13.2. The third-order valence-corrected chi connectivity index (χ3v) is 7.97. The number of amides is 1. The lowest BCUT2D eigenvalue weighted by molar-refractivity contribution is -0.121. The van der Waals surface area contributed by atoms with Crippen LogP contribution in [0.15, 0.2) is 24.5 Å². The van der Waals surface area contributed by atoms with Crippen LogP contribution in [0, 0.1) is 6.92 Å². The summed E-state index contributed by atoms with van der Waals surface area (Å²) in [5, 5.41) is 6.67. The van der Waals surface area contributed by atoms with Gasteiger partial charge in [-0.15, -0.1) is 11.3 Å². The Labute approximate surface area is 204 Å². The average Bonchev–Trinajstić information content (AvgIpc) is 3.46. The molecule has 2 saturated heterocycles. The maximum atomic E-state index is 9.71. The number of anilines is 3. The zero-order valence-corrected chi connectivity index (χ0v) is 20.6. The number of aryl methyl sites for hydroxylation is 1. The smallest absolute Gasteiger partial charge is 0.228 e. The molecule has 1 aliphatic carbocycles. The summed E-state index contributed by atoms with van der Waals surface area (Å²) in [6.45, 7) is 8.27. The molecule has 5 heterocycles. The molecule has 0 bridgehead atoms. The SMILES string of the molecule is Cc1sc2cnc(Nc3ccc(N4CCNCC4)cn3)nc2c1C1CCCC1.O=CN1CCC1. The second-order valence-electron chi connectivity index (χ2n) is 9.22. The standard InChI is InChI=1S/C21H26N6S.C4H7NO/c1-14-19(15-4-2-3-5-15)20-17(28-14)13-24-21(26-20)25-18-7-6-16(12-23-18)27-10-8-22-9-11-27;6-4-5-2-1-3-5/h6-7,12-13,15,22H,2-5,8-11H2,1H3,(H,23,24,25,26);4H,1-3H2. The minimum Gasteiger partial charge on any atom is -0.368 e. The van der Waals surface area contributed by atoms with Crippen molar-refractivity contribution in [1.29, 1.82) is 0 Å². The quantitative estimate of drug-likeness (QED) is 0.534. The van der Waals surface area contributed by atoms with Crippen molar-refractivity contribution in [3.63, 3.8) is 0 Å². The Morgan fingerprint density at radius 2 is 1.85 bits per heavy atom. The van der Waals surface area contributed by atoms with E-state index in [0.29, 0.717) is 11.9 Å². The van der Waals surface area contributed by atoms with Gasteiger partial charge < -0.3 is 20.4 Å². The van der Waals surface area contributed by atoms with Gasteiger partial charge in [-0.2, -0.15) is 0 Å². The Bertz CT molecular complexity index is 1100. The number of pyridine rings is 1. The summed E-state index contributed by atoms with van der Waals surface area (Å²) in [6, 6.07) is 4.14. The van der Waals surface area contributed by atoms with E-state index in [-0.39, 0.29) is 0 Å². The Morgan fingerprint density at radius 1 is 1.06 bits per heavy atom. The normalized spacial score (nSPS) is 18.4. The molecule has 3 aliphatic rings. The lowest BCUT2D eigenvalue weighted by Crippen LogP contribution is -2.43. The summed E-state index contributed by atoms with van der Waals surface area (Å²) in [5.41, 5.74) is 3.75. The number of hydrogen-bond acceptors (Lipinski definition) is 8. The van der Waals surface area contributed by atoms with Gasteiger partial charge in [0, 0.05) is 44.1 Å². The van der Waals surface area contributed by atoms with Crippen LogP contribution >= 0.6 is 11.3 Å². The molecule has 34 heavy (non-hydrogen) atoms. The molecule has 3 aromatic heterocycles. The van der Waals surface area contributed by atoms with Gasteiger partial charge in [-0.3, -0.25) is 4.79 Å². The van der Waals surface area contributed by atoms with Crippen LogP contribution in [-0.4, -0.2) is 65.5 Å². The molecule has 2 aliphatic heterocycles. The molecule has 1 amide bonds. The van der Waals surface area contributed by atoms with Gasteiger partial charge in [-0.1, -0.05) is 12.8 Å². The monoisotopic (exact) mass is 479 g/mol. The van der Waals surface area contributed by atoms with E-state index in [1.165, 1.54) is 52.9 Å². The minimum absolute atomic E-state index is 0.631. The lowest BCUT2D eigenvalue weighted by Gasteiger charge is -2.29. The summed E-state index contributed by atoms with van der Waals surface area (Å²) in [5.74, 6) is 2.08. The number of aromatic nitrogens is 3. The summed E-state index contributed by atoms with van der Waals surface area (Å²) < 4.78 is 1.19. The summed E-state index contributed by atoms with van der Waals surface area (Å²) in [4.78, 5) is 29.2. The van der Waals surface area contributed by atoms with Crippen molar-refractivity contribution in [3.8, 4) is 0 Å². The highest BCUT2D eigenvalue weighted by Crippen LogP contribution is 2.42. The molecule has 0 aromatic carbocycles. The highest BCUT2D eigenvalue weighted by atomic mass is 32.1. The molecule has 0 unspecified atom stereocenters. The van der Waals surface area contributed by atoms with Gasteiger partial charge in [-0.05, 0) is 49.8 Å². The number of fused-ring (bicyclic) bond motifs is 1. The Morgan fingerprint density at radius 3 is 2.47 bits per heavy atom. The molecule has 8 nitrogen and oxygen atoms in total. The van der Waals surface area contributed by atoms with E-state index in [0.717, 1.165) is 57.0 Å². The number of carbonyl (C=O) groups excluding carboxylic acids is 1. The van der Waals surface area contributed by atoms with Crippen LogP contribution in [0.2, 0.25) is 0 Å². The van der Waals surface area contributed by atoms with Crippen LogP contribution in [0.3, 0.4) is 0 Å². The van der Waals surface area contributed by atoms with Crippen LogP contribution in [0.5, 0.6) is 0 Å². The molecule has 3 fully saturated rings. The first-order valence-electron chi connectivity index (χ1n) is 12.4. The molecule has 0 radical (unpaired) electrons. The second-order valence-corrected chi connectivity index (χ2v) is 10.5. The molecular formula is C25H33N7OS. The molecule has 6 rings (SSSR count). The van der Waals surface area contributed by atoms with Crippen molar-refractivity contribution in [1.82, 2.24) is 25.2 Å². The van der Waals surface area contributed by atoms with Crippen LogP contribution in [0.25, 0.3) is 10.2 Å². The maximum Gasteiger partial charge on any atom is 0.228 e. The van der Waals surface area contributed by atoms with Crippen LogP contribution in [0.1, 0.15) is 48.5 Å². The number of nitrogens with one attached hydrogen (secondary N) is 2. The van der Waals surface area contributed by atoms with E-state index in [1.807, 2.05) is 29.8 Å². The number of piperazine rings is 1. The molecule has 9 heteroatoms. The molecule has 180 valence electrons. The van der Waals surface area contributed by atoms with Crippen molar-refractivity contribution in [2.75, 3.05) is 49.5 Å². The molecular weight excluding hydrogens is 446 g/mol. The van der Waals surface area contributed by atoms with E-state index in [9.17, 15) is 4.79 Å². The highest BCUT2D eigenvalue weighted by molar-refractivity contribution is 7.19. The Kier molecular flexibility index (Phi) is 7.20. The number of likely N-dealkylation sites (tertiary alicyclic amines) is 1. The third kappa shape index (κ3) is 5.15. The van der Waals surface area contributed by atoms with Gasteiger partial charge in [0.05, 0.1) is 28.3 Å². The topological polar surface area (TPSA) is 86.3 Å². The number of thiophene rings is 1. The van der Waals surface area contributed by atoms with E-state index in [1.54, 1.807) is 4.90 Å². The fourth-order valence-electron chi connectivity index (χ4n) is 4.91. The van der Waals surface area contributed by atoms with Gasteiger partial charge in [0.2, 0.25) is 12.4 Å². The zero-order chi connectivity index (χ0) is 23.3. The van der Waals surface area contributed by atoms with Crippen molar-refractivity contribution >= 4 is 45.4 Å². The van der Waals surface area contributed by atoms with E-state index in [2.05, 4.69) is 38.5 Å². The fraction of sp³-hybridized carbons (Fsp3) is 0.520.